The molecule has 7 nitrogen and oxygen atoms in total. The molecule has 0 amide bonds. The minimum atomic E-state index is -0.566. The van der Waals surface area contributed by atoms with Crippen LogP contribution in [0, 0.1) is 30.9 Å². The highest BCUT2D eigenvalue weighted by Gasteiger charge is 2.25. The first-order valence-electron chi connectivity index (χ1n) is 8.12. The summed E-state index contributed by atoms with van der Waals surface area (Å²) in [5, 5.41) is 15.2. The predicted octanol–water partition coefficient (Wildman–Crippen LogP) is 5.50. The lowest BCUT2D eigenvalue weighted by Crippen LogP contribution is -2.04. The molecule has 0 fully saturated rings. The summed E-state index contributed by atoms with van der Waals surface area (Å²) in [4.78, 5) is 19.1. The zero-order chi connectivity index (χ0) is 19.6. The molecular weight excluding hydrogens is 368 g/mol. The van der Waals surface area contributed by atoms with Gasteiger partial charge in [0.1, 0.15) is 12.1 Å². The monoisotopic (exact) mass is 384 g/mol. The maximum Gasteiger partial charge on any atom is 0.373 e. The van der Waals surface area contributed by atoms with E-state index in [-0.39, 0.29) is 17.4 Å². The van der Waals surface area contributed by atoms with Crippen molar-refractivity contribution in [3.05, 3.63) is 74.6 Å². The fourth-order valence-electron chi connectivity index (χ4n) is 2.67. The van der Waals surface area contributed by atoms with E-state index >= 15 is 0 Å². The van der Waals surface area contributed by atoms with Crippen molar-refractivity contribution in [2.24, 2.45) is 0 Å². The highest BCUT2D eigenvalue weighted by molar-refractivity contribution is 6.31. The summed E-state index contributed by atoms with van der Waals surface area (Å²) >= 11 is 6.01. The van der Waals surface area contributed by atoms with Gasteiger partial charge in [-0.25, -0.2) is 4.98 Å². The number of nitro groups is 1. The molecule has 27 heavy (non-hydrogen) atoms. The molecule has 1 N–H and O–H groups in total. The van der Waals surface area contributed by atoms with E-state index in [0.29, 0.717) is 16.5 Å². The Hall–Kier alpha value is -3.19. The Labute approximate surface area is 161 Å². The van der Waals surface area contributed by atoms with Crippen molar-refractivity contribution < 1.29 is 9.66 Å². The van der Waals surface area contributed by atoms with Gasteiger partial charge in [0.05, 0.1) is 4.92 Å². The average Bonchev–Trinajstić information content (AvgIpc) is 2.57. The summed E-state index contributed by atoms with van der Waals surface area (Å²) in [5.41, 5.74) is 3.20. The summed E-state index contributed by atoms with van der Waals surface area (Å²) in [6.45, 7) is 5.71. The predicted molar refractivity (Wildman–Crippen MR) is 104 cm³/mol. The van der Waals surface area contributed by atoms with Crippen molar-refractivity contribution in [2.45, 2.75) is 20.8 Å². The quantitative estimate of drug-likeness (QED) is 0.461. The molecular formula is C19H17ClN4O3. The topological polar surface area (TPSA) is 90.2 Å². The smallest absolute Gasteiger partial charge is 0.373 e. The number of hydrogen-bond acceptors (Lipinski definition) is 6. The lowest BCUT2D eigenvalue weighted by atomic mass is 10.1. The lowest BCUT2D eigenvalue weighted by molar-refractivity contribution is -0.385. The molecule has 1 aromatic heterocycles. The number of nitrogens with zero attached hydrogens (tertiary/aromatic N) is 3. The van der Waals surface area contributed by atoms with Gasteiger partial charge in [-0.3, -0.25) is 10.1 Å². The van der Waals surface area contributed by atoms with Crippen LogP contribution < -0.4 is 10.1 Å². The molecule has 0 saturated carbocycles. The summed E-state index contributed by atoms with van der Waals surface area (Å²) in [7, 11) is 0. The number of nitrogens with one attached hydrogen (secondary N) is 1. The summed E-state index contributed by atoms with van der Waals surface area (Å²) in [6, 6.07) is 10.7. The van der Waals surface area contributed by atoms with Gasteiger partial charge in [-0.15, -0.1) is 0 Å². The van der Waals surface area contributed by atoms with Gasteiger partial charge in [0.2, 0.25) is 5.82 Å². The maximum atomic E-state index is 11.7. The van der Waals surface area contributed by atoms with Crippen LogP contribution in [-0.2, 0) is 0 Å². The standard InChI is InChI=1S/C19H17ClN4O3/c1-11-6-12(2)8-14(7-11)23-18-17(24(25)26)19(22-10-21-18)27-15-4-5-16(20)13(3)9-15/h4-10H,1-3H3,(H,21,22,23). The number of ether oxygens (including phenoxy) is 1. The molecule has 0 radical (unpaired) electrons. The van der Waals surface area contributed by atoms with E-state index in [9.17, 15) is 10.1 Å². The Morgan fingerprint density at radius 3 is 2.41 bits per heavy atom. The van der Waals surface area contributed by atoms with Crippen LogP contribution in [-0.4, -0.2) is 14.9 Å². The Kier molecular flexibility index (Phi) is 5.23. The molecule has 3 aromatic rings. The highest BCUT2D eigenvalue weighted by atomic mass is 35.5. The van der Waals surface area contributed by atoms with Crippen LogP contribution in [0.2, 0.25) is 5.02 Å². The van der Waals surface area contributed by atoms with Gasteiger partial charge in [0.15, 0.2) is 0 Å². The number of benzene rings is 2. The Morgan fingerprint density at radius 2 is 1.78 bits per heavy atom. The van der Waals surface area contributed by atoms with Gasteiger partial charge in [-0.05, 0) is 67.8 Å². The van der Waals surface area contributed by atoms with E-state index in [0.717, 1.165) is 16.7 Å². The first-order chi connectivity index (χ1) is 12.8. The van der Waals surface area contributed by atoms with Crippen LogP contribution in [0.1, 0.15) is 16.7 Å². The van der Waals surface area contributed by atoms with E-state index in [1.165, 1.54) is 6.33 Å². The van der Waals surface area contributed by atoms with Crippen LogP contribution in [0.4, 0.5) is 17.2 Å². The summed E-state index contributed by atoms with van der Waals surface area (Å²) in [5.74, 6) is 0.306. The molecule has 0 bridgehead atoms. The lowest BCUT2D eigenvalue weighted by Gasteiger charge is -2.11. The number of hydrogen-bond donors (Lipinski definition) is 1. The number of aryl methyl sites for hydroxylation is 3. The van der Waals surface area contributed by atoms with Crippen molar-refractivity contribution in [1.29, 1.82) is 0 Å². The van der Waals surface area contributed by atoms with Gasteiger partial charge >= 0.3 is 11.6 Å². The van der Waals surface area contributed by atoms with Gasteiger partial charge in [0.25, 0.3) is 0 Å². The van der Waals surface area contributed by atoms with Crippen LogP contribution in [0.25, 0.3) is 0 Å². The minimum absolute atomic E-state index is 0.0562. The second-order valence-electron chi connectivity index (χ2n) is 6.15. The molecule has 0 aliphatic rings. The fourth-order valence-corrected chi connectivity index (χ4v) is 2.79. The molecule has 8 heteroatoms. The van der Waals surface area contributed by atoms with Crippen molar-refractivity contribution in [2.75, 3.05) is 5.32 Å². The normalized spacial score (nSPS) is 10.5. The van der Waals surface area contributed by atoms with Crippen LogP contribution >= 0.6 is 11.6 Å². The SMILES string of the molecule is Cc1cc(C)cc(Nc2ncnc(Oc3ccc(Cl)c(C)c3)c2[N+](=O)[O-])c1. The van der Waals surface area contributed by atoms with E-state index in [2.05, 4.69) is 15.3 Å². The molecule has 1 heterocycles. The Morgan fingerprint density at radius 1 is 1.07 bits per heavy atom. The molecule has 2 aromatic carbocycles. The molecule has 0 unspecified atom stereocenters. The first kappa shape index (κ1) is 18.6. The fraction of sp³-hybridized carbons (Fsp3) is 0.158. The molecule has 138 valence electrons. The third kappa shape index (κ3) is 4.32. The minimum Gasteiger partial charge on any atom is -0.434 e. The molecule has 0 aliphatic heterocycles. The first-order valence-corrected chi connectivity index (χ1v) is 8.50. The van der Waals surface area contributed by atoms with Crippen molar-refractivity contribution in [3.8, 4) is 11.6 Å². The third-order valence-electron chi connectivity index (χ3n) is 3.80. The summed E-state index contributed by atoms with van der Waals surface area (Å²) in [6.07, 6.45) is 1.22. The van der Waals surface area contributed by atoms with Crippen LogP contribution in [0.15, 0.2) is 42.7 Å². The van der Waals surface area contributed by atoms with E-state index in [1.807, 2.05) is 39.0 Å². The number of rotatable bonds is 5. The Balaban J connectivity index is 1.99. The number of anilines is 2. The van der Waals surface area contributed by atoms with E-state index in [1.54, 1.807) is 18.2 Å². The second-order valence-corrected chi connectivity index (χ2v) is 6.55. The summed E-state index contributed by atoms with van der Waals surface area (Å²) < 4.78 is 5.64. The number of aromatic nitrogens is 2. The van der Waals surface area contributed by atoms with Crippen LogP contribution in [0.5, 0.6) is 11.6 Å². The molecule has 0 atom stereocenters. The van der Waals surface area contributed by atoms with Crippen molar-refractivity contribution >= 4 is 28.8 Å². The number of halogens is 1. The van der Waals surface area contributed by atoms with E-state index in [4.69, 9.17) is 16.3 Å². The average molecular weight is 385 g/mol. The second kappa shape index (κ2) is 7.59. The van der Waals surface area contributed by atoms with Crippen molar-refractivity contribution in [3.63, 3.8) is 0 Å². The highest BCUT2D eigenvalue weighted by Crippen LogP contribution is 2.36. The van der Waals surface area contributed by atoms with Gasteiger partial charge in [0, 0.05) is 10.7 Å². The molecule has 0 spiro atoms. The Bertz CT molecular complexity index is 1000. The molecule has 0 aliphatic carbocycles. The van der Waals surface area contributed by atoms with Crippen LogP contribution in [0.3, 0.4) is 0 Å². The maximum absolute atomic E-state index is 11.7. The van der Waals surface area contributed by atoms with Gasteiger partial charge < -0.3 is 10.1 Å². The zero-order valence-corrected chi connectivity index (χ0v) is 15.7. The van der Waals surface area contributed by atoms with E-state index < -0.39 is 4.92 Å². The molecule has 3 rings (SSSR count). The largest absolute Gasteiger partial charge is 0.434 e. The molecule has 0 saturated heterocycles. The van der Waals surface area contributed by atoms with Crippen molar-refractivity contribution in [1.82, 2.24) is 9.97 Å². The third-order valence-corrected chi connectivity index (χ3v) is 4.22. The van der Waals surface area contributed by atoms with Gasteiger partial charge in [-0.1, -0.05) is 17.7 Å². The zero-order valence-electron chi connectivity index (χ0n) is 15.0. The van der Waals surface area contributed by atoms with Gasteiger partial charge in [-0.2, -0.15) is 4.98 Å².